The zero-order chi connectivity index (χ0) is 16.2. The van der Waals surface area contributed by atoms with Crippen molar-refractivity contribution in [1.29, 1.82) is 0 Å². The molecule has 21 heavy (non-hydrogen) atoms. The van der Waals surface area contributed by atoms with E-state index in [1.54, 1.807) is 0 Å². The number of nitrogens with one attached hydrogen (secondary N) is 1. The minimum atomic E-state index is -0.562. The van der Waals surface area contributed by atoms with Crippen LogP contribution in [0.3, 0.4) is 0 Å². The number of hydrogen-bond donors (Lipinski definition) is 1. The molecule has 4 heteroatoms. The number of aryl methyl sites for hydroxylation is 3. The summed E-state index contributed by atoms with van der Waals surface area (Å²) in [4.78, 5) is 22.9. The largest absolute Gasteiger partial charge is 0.444 e. The Morgan fingerprint density at radius 2 is 1.76 bits per heavy atom. The maximum absolute atomic E-state index is 12.0. The third-order valence-corrected chi connectivity index (χ3v) is 3.11. The second kappa shape index (κ2) is 6.74. The Balaban J connectivity index is 3.03. The van der Waals surface area contributed by atoms with Gasteiger partial charge in [-0.15, -0.1) is 0 Å². The number of carbonyl (C=O) groups is 2. The molecule has 0 fully saturated rings. The number of rotatable bonds is 4. The highest BCUT2D eigenvalue weighted by Crippen LogP contribution is 2.25. The van der Waals surface area contributed by atoms with Crippen LogP contribution in [0.25, 0.3) is 0 Å². The van der Waals surface area contributed by atoms with Crippen LogP contribution in [-0.4, -0.2) is 18.0 Å². The zero-order valence-corrected chi connectivity index (χ0v) is 13.7. The summed E-state index contributed by atoms with van der Waals surface area (Å²) in [5, 5.41) is 2.80. The van der Waals surface area contributed by atoms with Crippen molar-refractivity contribution in [3.63, 3.8) is 0 Å². The Kier molecular flexibility index (Phi) is 5.53. The molecule has 0 aliphatic rings. The fourth-order valence-corrected chi connectivity index (χ4v) is 2.54. The molecule has 4 nitrogen and oxygen atoms in total. The molecule has 1 aromatic carbocycles. The average Bonchev–Trinajstić information content (AvgIpc) is 2.24. The van der Waals surface area contributed by atoms with Gasteiger partial charge in [0.25, 0.3) is 0 Å². The molecule has 0 unspecified atom stereocenters. The lowest BCUT2D eigenvalue weighted by atomic mass is 9.92. The van der Waals surface area contributed by atoms with Gasteiger partial charge in [-0.1, -0.05) is 17.7 Å². The first kappa shape index (κ1) is 17.2. The first-order chi connectivity index (χ1) is 9.64. The second-order valence-electron chi connectivity index (χ2n) is 6.41. The number of alkyl carbamates (subject to hydrolysis) is 1. The quantitative estimate of drug-likeness (QED) is 0.859. The molecule has 116 valence electrons. The van der Waals surface area contributed by atoms with Gasteiger partial charge in [-0.05, 0) is 58.2 Å². The number of benzene rings is 1. The van der Waals surface area contributed by atoms with Gasteiger partial charge in [-0.3, -0.25) is 0 Å². The Hall–Kier alpha value is -1.84. The summed E-state index contributed by atoms with van der Waals surface area (Å²) in [6, 6.07) is 3.74. The number of carbonyl (C=O) groups excluding carboxylic acids is 2. The normalized spacial score (nSPS) is 12.7. The van der Waals surface area contributed by atoms with Crippen LogP contribution in [0, 0.1) is 20.8 Å². The molecule has 0 heterocycles. The summed E-state index contributed by atoms with van der Waals surface area (Å²) in [5.41, 5.74) is 3.72. The monoisotopic (exact) mass is 291 g/mol. The maximum Gasteiger partial charge on any atom is 0.408 e. The number of hydrogen-bond acceptors (Lipinski definition) is 3. The van der Waals surface area contributed by atoms with Crippen molar-refractivity contribution in [2.24, 2.45) is 0 Å². The van der Waals surface area contributed by atoms with Crippen LogP contribution < -0.4 is 5.32 Å². The van der Waals surface area contributed by atoms with Gasteiger partial charge in [0.15, 0.2) is 0 Å². The van der Waals surface area contributed by atoms with E-state index in [1.807, 2.05) is 41.5 Å². The maximum atomic E-state index is 12.0. The summed E-state index contributed by atoms with van der Waals surface area (Å²) < 4.78 is 5.27. The van der Waals surface area contributed by atoms with Gasteiger partial charge in [-0.25, -0.2) is 4.79 Å². The Morgan fingerprint density at radius 1 is 1.24 bits per heavy atom. The van der Waals surface area contributed by atoms with Crippen LogP contribution >= 0.6 is 0 Å². The molecule has 0 radical (unpaired) electrons. The molecule has 0 saturated carbocycles. The van der Waals surface area contributed by atoms with Gasteiger partial charge in [0, 0.05) is 6.42 Å². The molecular formula is C17H25NO3. The molecule has 0 aliphatic carbocycles. The molecular weight excluding hydrogens is 266 g/mol. The number of amides is 1. The second-order valence-corrected chi connectivity index (χ2v) is 6.41. The molecule has 0 saturated heterocycles. The SMILES string of the molecule is Cc1cc(C)c([C@H](CC=O)NC(=O)OC(C)(C)C)c(C)c1. The number of aldehydes is 1. The van der Waals surface area contributed by atoms with Gasteiger partial charge in [0.05, 0.1) is 6.04 Å². The van der Waals surface area contributed by atoms with Crippen LogP contribution in [0.5, 0.6) is 0 Å². The Morgan fingerprint density at radius 3 is 2.19 bits per heavy atom. The fraction of sp³-hybridized carbons (Fsp3) is 0.529. The zero-order valence-electron chi connectivity index (χ0n) is 13.7. The van der Waals surface area contributed by atoms with Crippen LogP contribution in [0.4, 0.5) is 4.79 Å². The third-order valence-electron chi connectivity index (χ3n) is 3.11. The van der Waals surface area contributed by atoms with Gasteiger partial charge >= 0.3 is 6.09 Å². The van der Waals surface area contributed by atoms with Crippen LogP contribution in [0.1, 0.15) is 55.5 Å². The molecule has 0 spiro atoms. The lowest BCUT2D eigenvalue weighted by Gasteiger charge is -2.25. The van der Waals surface area contributed by atoms with Crippen molar-refractivity contribution < 1.29 is 14.3 Å². The standard InChI is InChI=1S/C17H25NO3/c1-11-9-12(2)15(13(3)10-11)14(7-8-19)18-16(20)21-17(4,5)6/h8-10,14H,7H2,1-6H3,(H,18,20)/t14-/m0/s1. The van der Waals surface area contributed by atoms with Crippen molar-refractivity contribution in [2.45, 2.75) is 59.6 Å². The lowest BCUT2D eigenvalue weighted by molar-refractivity contribution is -0.108. The topological polar surface area (TPSA) is 55.4 Å². The predicted molar refractivity (Wildman–Crippen MR) is 83.4 cm³/mol. The Bertz CT molecular complexity index is 506. The molecule has 1 amide bonds. The molecule has 1 N–H and O–H groups in total. The molecule has 0 aliphatic heterocycles. The van der Waals surface area contributed by atoms with Crippen molar-refractivity contribution in [3.8, 4) is 0 Å². The first-order valence-electron chi connectivity index (χ1n) is 7.15. The van der Waals surface area contributed by atoms with E-state index in [1.165, 1.54) is 0 Å². The summed E-state index contributed by atoms with van der Waals surface area (Å²) in [6.45, 7) is 11.4. The van der Waals surface area contributed by atoms with Crippen molar-refractivity contribution >= 4 is 12.4 Å². The van der Waals surface area contributed by atoms with E-state index in [0.717, 1.165) is 28.5 Å². The summed E-state index contributed by atoms with van der Waals surface area (Å²) >= 11 is 0. The van der Waals surface area contributed by atoms with Crippen LogP contribution in [0.15, 0.2) is 12.1 Å². The van der Waals surface area contributed by atoms with E-state index < -0.39 is 11.7 Å². The number of ether oxygens (including phenoxy) is 1. The highest BCUT2D eigenvalue weighted by Gasteiger charge is 2.22. The van der Waals surface area contributed by atoms with Gasteiger partial charge in [-0.2, -0.15) is 0 Å². The van der Waals surface area contributed by atoms with E-state index in [9.17, 15) is 9.59 Å². The van der Waals surface area contributed by atoms with E-state index >= 15 is 0 Å². The Labute approximate surface area is 126 Å². The lowest BCUT2D eigenvalue weighted by Crippen LogP contribution is -2.35. The first-order valence-corrected chi connectivity index (χ1v) is 7.15. The van der Waals surface area contributed by atoms with Gasteiger partial charge in [0.2, 0.25) is 0 Å². The van der Waals surface area contributed by atoms with Crippen molar-refractivity contribution in [1.82, 2.24) is 5.32 Å². The molecule has 0 aromatic heterocycles. The van der Waals surface area contributed by atoms with E-state index in [0.29, 0.717) is 0 Å². The minimum Gasteiger partial charge on any atom is -0.444 e. The van der Waals surface area contributed by atoms with Crippen molar-refractivity contribution in [3.05, 3.63) is 34.4 Å². The highest BCUT2D eigenvalue weighted by molar-refractivity contribution is 5.69. The molecule has 0 bridgehead atoms. The third kappa shape index (κ3) is 5.21. The smallest absolute Gasteiger partial charge is 0.408 e. The highest BCUT2D eigenvalue weighted by atomic mass is 16.6. The summed E-state index contributed by atoms with van der Waals surface area (Å²) in [7, 11) is 0. The predicted octanol–water partition coefficient (Wildman–Crippen LogP) is 3.77. The van der Waals surface area contributed by atoms with Gasteiger partial charge in [0.1, 0.15) is 11.9 Å². The summed E-state index contributed by atoms with van der Waals surface area (Å²) in [5.74, 6) is 0. The van der Waals surface area contributed by atoms with Crippen molar-refractivity contribution in [2.75, 3.05) is 0 Å². The van der Waals surface area contributed by atoms with E-state index in [4.69, 9.17) is 4.74 Å². The average molecular weight is 291 g/mol. The minimum absolute atomic E-state index is 0.226. The van der Waals surface area contributed by atoms with E-state index in [2.05, 4.69) is 17.4 Å². The van der Waals surface area contributed by atoms with Gasteiger partial charge < -0.3 is 14.8 Å². The molecule has 1 aromatic rings. The molecule has 1 rings (SSSR count). The van der Waals surface area contributed by atoms with Crippen LogP contribution in [-0.2, 0) is 9.53 Å². The van der Waals surface area contributed by atoms with E-state index in [-0.39, 0.29) is 12.5 Å². The van der Waals surface area contributed by atoms with Crippen LogP contribution in [0.2, 0.25) is 0 Å². The fourth-order valence-electron chi connectivity index (χ4n) is 2.54. The summed E-state index contributed by atoms with van der Waals surface area (Å²) in [6.07, 6.45) is 0.541. The molecule has 1 atom stereocenters.